The second-order valence-electron chi connectivity index (χ2n) is 9.91. The Hall–Kier alpha value is -0.706. The van der Waals surface area contributed by atoms with E-state index in [0.717, 1.165) is 51.4 Å². The molecule has 6 heteroatoms. The molecule has 0 heterocycles. The Bertz CT molecular complexity index is 630. The third kappa shape index (κ3) is 9.46. The summed E-state index contributed by atoms with van der Waals surface area (Å²) in [5, 5.41) is 17.1. The summed E-state index contributed by atoms with van der Waals surface area (Å²) < 4.78 is 0. The molecule has 0 atom stereocenters. The predicted octanol–water partition coefficient (Wildman–Crippen LogP) is 4.25. The molecule has 0 spiro atoms. The maximum absolute atomic E-state index is 10.4. The van der Waals surface area contributed by atoms with Crippen molar-refractivity contribution in [2.24, 2.45) is 11.8 Å². The predicted molar refractivity (Wildman–Crippen MR) is 124 cm³/mol. The molecule has 186 valence electrons. The normalized spacial score (nSPS) is 22.5. The van der Waals surface area contributed by atoms with Crippen LogP contribution in [0.5, 0.6) is 0 Å². The van der Waals surface area contributed by atoms with Crippen molar-refractivity contribution in [3.8, 4) is 0 Å². The van der Waals surface area contributed by atoms with Gasteiger partial charge in [-0.05, 0) is 51.4 Å². The molecule has 0 aromatic carbocycles. The number of halogens is 1. The van der Waals surface area contributed by atoms with Crippen molar-refractivity contribution in [3.05, 3.63) is 28.7 Å². The Kier molecular flexibility index (Phi) is 14.8. The van der Waals surface area contributed by atoms with E-state index in [4.69, 9.17) is 10.2 Å². The van der Waals surface area contributed by atoms with Crippen LogP contribution in [-0.4, -0.2) is 22.2 Å². The quantitative estimate of drug-likeness (QED) is 0.428. The van der Waals surface area contributed by atoms with E-state index in [1.165, 1.54) is 64.2 Å². The molecule has 2 fully saturated rings. The topological polar surface area (TPSA) is 74.6 Å². The smallest absolute Gasteiger partial charge is 0.306 e. The molecule has 5 rings (SSSR count). The first-order chi connectivity index (χ1) is 15.1. The van der Waals surface area contributed by atoms with Crippen LogP contribution in [0.1, 0.15) is 116 Å². The fourth-order valence-corrected chi connectivity index (χ4v) is 5.82. The van der Waals surface area contributed by atoms with E-state index in [0.29, 0.717) is 0 Å². The van der Waals surface area contributed by atoms with Gasteiger partial charge in [0.25, 0.3) is 0 Å². The number of aliphatic carboxylic acids is 2. The zero-order valence-electron chi connectivity index (χ0n) is 20.0. The van der Waals surface area contributed by atoms with E-state index in [9.17, 15) is 9.59 Å². The Balaban J connectivity index is 0.000000247. The average Bonchev–Trinajstić information content (AvgIpc) is 3.20. The molecule has 4 nitrogen and oxygen atoms in total. The van der Waals surface area contributed by atoms with Crippen LogP contribution >= 0.6 is 0 Å². The van der Waals surface area contributed by atoms with Crippen LogP contribution in [0.25, 0.3) is 0 Å². The summed E-state index contributed by atoms with van der Waals surface area (Å²) in [5.41, 5.74) is 7.06. The van der Waals surface area contributed by atoms with Crippen LogP contribution < -0.4 is 12.4 Å². The summed E-state index contributed by atoms with van der Waals surface area (Å²) in [4.78, 5) is 20.7. The summed E-state index contributed by atoms with van der Waals surface area (Å²) >= 11 is 0. The van der Waals surface area contributed by atoms with E-state index in [2.05, 4.69) is 6.42 Å². The molecule has 0 aliphatic heterocycles. The minimum absolute atomic E-state index is 0. The van der Waals surface area contributed by atoms with Crippen LogP contribution in [0.2, 0.25) is 0 Å². The third-order valence-corrected chi connectivity index (χ3v) is 7.67. The van der Waals surface area contributed by atoms with Gasteiger partial charge in [0.1, 0.15) is 0 Å². The molecule has 5 aliphatic carbocycles. The number of fused-ring (bicyclic) bond motifs is 1. The van der Waals surface area contributed by atoms with Gasteiger partial charge in [-0.25, -0.2) is 12.0 Å². The number of rotatable bonds is 2. The third-order valence-electron chi connectivity index (χ3n) is 7.67. The summed E-state index contributed by atoms with van der Waals surface area (Å²) in [6, 6.07) is 0. The number of carboxylic acids is 2. The Morgan fingerprint density at radius 3 is 1.64 bits per heavy atom. The molecular weight excluding hydrogens is 472 g/mol. The summed E-state index contributed by atoms with van der Waals surface area (Å²) in [5.74, 6) is -1.26. The standard InChI is InChI=1S/C13H17.2C7H12O2.ClH.Ti/c1-3-7-12-10(5-1)9-11-6-2-4-8-13(11)12;2*8-7(9)6-4-2-1-3-5-6;;/h5H,1-4,6-9H2;2*6H,1-5H2,(H,8,9);1H;/q-1;;;;/p-1. The van der Waals surface area contributed by atoms with Crippen molar-refractivity contribution in [1.82, 2.24) is 0 Å². The fraction of sp³-hybridized carbons (Fsp3) is 0.741. The van der Waals surface area contributed by atoms with Crippen LogP contribution in [0, 0.1) is 18.3 Å². The first kappa shape index (κ1) is 30.3. The Morgan fingerprint density at radius 1 is 0.667 bits per heavy atom. The summed E-state index contributed by atoms with van der Waals surface area (Å²) in [6.45, 7) is 0. The first-order valence-electron chi connectivity index (χ1n) is 12.8. The van der Waals surface area contributed by atoms with Crippen LogP contribution in [-0.2, 0) is 31.3 Å². The van der Waals surface area contributed by atoms with Gasteiger partial charge < -0.3 is 22.6 Å². The van der Waals surface area contributed by atoms with Gasteiger partial charge in [-0.15, -0.1) is 12.0 Å². The maximum atomic E-state index is 10.4. The van der Waals surface area contributed by atoms with Crippen molar-refractivity contribution < 1.29 is 53.9 Å². The van der Waals surface area contributed by atoms with Gasteiger partial charge in [0.05, 0.1) is 11.8 Å². The zero-order chi connectivity index (χ0) is 22.1. The Morgan fingerprint density at radius 2 is 1.15 bits per heavy atom. The van der Waals surface area contributed by atoms with E-state index in [-0.39, 0.29) is 46.0 Å². The van der Waals surface area contributed by atoms with Crippen LogP contribution in [0.3, 0.4) is 0 Å². The van der Waals surface area contributed by atoms with E-state index < -0.39 is 11.9 Å². The van der Waals surface area contributed by atoms with E-state index in [1.807, 2.05) is 0 Å². The monoisotopic (exact) mass is 512 g/mol. The van der Waals surface area contributed by atoms with Gasteiger partial charge in [-0.3, -0.25) is 9.59 Å². The molecule has 0 amide bonds. The molecule has 2 saturated carbocycles. The van der Waals surface area contributed by atoms with Crippen LogP contribution in [0.4, 0.5) is 0 Å². The second-order valence-corrected chi connectivity index (χ2v) is 9.91. The van der Waals surface area contributed by atoms with Gasteiger partial charge in [0.15, 0.2) is 0 Å². The number of carboxylic acid groups (broad SMARTS) is 2. The van der Waals surface area contributed by atoms with Gasteiger partial charge in [0, 0.05) is 21.7 Å². The molecule has 2 N–H and O–H groups in total. The molecule has 5 aliphatic rings. The number of hydrogen-bond acceptors (Lipinski definition) is 2. The SMILES string of the molecule is O=C(O)C1CCCCC1.O=C(O)C1CCCCC1.[CH-]1CCCC2=C1CC1=C2CCCC1.[Cl-].[Ti]. The number of hydrogen-bond donors (Lipinski definition) is 2. The maximum Gasteiger partial charge on any atom is 0.306 e. The van der Waals surface area contributed by atoms with Crippen molar-refractivity contribution in [1.29, 1.82) is 0 Å². The molecule has 0 radical (unpaired) electrons. The van der Waals surface area contributed by atoms with Gasteiger partial charge in [0.2, 0.25) is 0 Å². The van der Waals surface area contributed by atoms with Crippen LogP contribution in [0.15, 0.2) is 22.3 Å². The largest absolute Gasteiger partial charge is 1.00 e. The fourth-order valence-electron chi connectivity index (χ4n) is 5.82. The number of allylic oxidation sites excluding steroid dienone is 4. The van der Waals surface area contributed by atoms with Crippen molar-refractivity contribution in [2.75, 3.05) is 0 Å². The molecule has 0 aromatic rings. The Labute approximate surface area is 221 Å². The summed E-state index contributed by atoms with van der Waals surface area (Å²) in [7, 11) is 0. The van der Waals surface area contributed by atoms with Crippen molar-refractivity contribution in [2.45, 2.75) is 116 Å². The number of carbonyl (C=O) groups is 2. The first-order valence-corrected chi connectivity index (χ1v) is 12.8. The van der Waals surface area contributed by atoms with Crippen molar-refractivity contribution >= 4 is 11.9 Å². The van der Waals surface area contributed by atoms with Gasteiger partial charge in [-0.2, -0.15) is 5.57 Å². The minimum atomic E-state index is -0.602. The minimum Gasteiger partial charge on any atom is -1.00 e. The molecule has 0 saturated heterocycles. The van der Waals surface area contributed by atoms with Gasteiger partial charge in [-0.1, -0.05) is 63.4 Å². The zero-order valence-corrected chi connectivity index (χ0v) is 22.4. The van der Waals surface area contributed by atoms with Crippen molar-refractivity contribution in [3.63, 3.8) is 0 Å². The van der Waals surface area contributed by atoms with Gasteiger partial charge >= 0.3 is 11.9 Å². The average molecular weight is 513 g/mol. The molecule has 0 unspecified atom stereocenters. The van der Waals surface area contributed by atoms with E-state index >= 15 is 0 Å². The van der Waals surface area contributed by atoms with E-state index in [1.54, 1.807) is 22.3 Å². The second kappa shape index (κ2) is 16.1. The molecular formula is C27H41ClO4Ti-2. The molecule has 33 heavy (non-hydrogen) atoms. The molecule has 0 bridgehead atoms. The molecule has 0 aromatic heterocycles. The summed E-state index contributed by atoms with van der Waals surface area (Å²) in [6.07, 6.45) is 24.1.